The van der Waals surface area contributed by atoms with Crippen molar-refractivity contribution in [2.75, 3.05) is 26.2 Å². The van der Waals surface area contributed by atoms with E-state index in [-0.39, 0.29) is 12.0 Å². The summed E-state index contributed by atoms with van der Waals surface area (Å²) in [5.41, 5.74) is 0.312. The molecule has 2 saturated heterocycles. The van der Waals surface area contributed by atoms with Gasteiger partial charge in [0.05, 0.1) is 17.9 Å². The summed E-state index contributed by atoms with van der Waals surface area (Å²) in [4.78, 5) is 20.2. The van der Waals surface area contributed by atoms with Crippen molar-refractivity contribution in [2.24, 2.45) is 0 Å². The van der Waals surface area contributed by atoms with Crippen LogP contribution in [-0.2, 0) is 0 Å². The molecule has 3 heterocycles. The van der Waals surface area contributed by atoms with E-state index < -0.39 is 5.82 Å². The zero-order valence-electron chi connectivity index (χ0n) is 12.6. The van der Waals surface area contributed by atoms with Gasteiger partial charge in [0, 0.05) is 31.9 Å². The van der Waals surface area contributed by atoms with Crippen LogP contribution in [0, 0.1) is 5.82 Å². The van der Waals surface area contributed by atoms with Crippen LogP contribution < -0.4 is 0 Å². The van der Waals surface area contributed by atoms with Gasteiger partial charge in [0.15, 0.2) is 0 Å². The SMILES string of the molecule is O=C(c1cncc(F)c1)N1CCC(N2CCC[C@@H](O)C2)CC1. The number of likely N-dealkylation sites (tertiary alicyclic amines) is 2. The summed E-state index contributed by atoms with van der Waals surface area (Å²) >= 11 is 0. The molecule has 1 atom stereocenters. The van der Waals surface area contributed by atoms with E-state index in [1.165, 1.54) is 12.3 Å². The number of halogens is 1. The molecule has 0 aliphatic carbocycles. The number of carbonyl (C=O) groups excluding carboxylic acids is 1. The Bertz CT molecular complexity index is 532. The number of hydrogen-bond acceptors (Lipinski definition) is 4. The van der Waals surface area contributed by atoms with Gasteiger partial charge in [-0.1, -0.05) is 0 Å². The largest absolute Gasteiger partial charge is 0.392 e. The Kier molecular flexibility index (Phi) is 4.69. The van der Waals surface area contributed by atoms with Gasteiger partial charge in [-0.2, -0.15) is 0 Å². The number of piperidine rings is 2. The number of hydrogen-bond donors (Lipinski definition) is 1. The highest BCUT2D eigenvalue weighted by Crippen LogP contribution is 2.22. The van der Waals surface area contributed by atoms with Crippen molar-refractivity contribution >= 4 is 5.91 Å². The third-order valence-corrected chi connectivity index (χ3v) is 4.65. The maximum absolute atomic E-state index is 13.2. The normalized spacial score (nSPS) is 24.5. The maximum atomic E-state index is 13.2. The highest BCUT2D eigenvalue weighted by atomic mass is 19.1. The van der Waals surface area contributed by atoms with Crippen LogP contribution in [0.5, 0.6) is 0 Å². The fourth-order valence-corrected chi connectivity index (χ4v) is 3.46. The Morgan fingerprint density at radius 3 is 2.68 bits per heavy atom. The summed E-state index contributed by atoms with van der Waals surface area (Å²) in [5.74, 6) is -0.632. The third kappa shape index (κ3) is 3.44. The summed E-state index contributed by atoms with van der Waals surface area (Å²) in [6.07, 6.45) is 6.04. The van der Waals surface area contributed by atoms with Crippen molar-refractivity contribution in [1.82, 2.24) is 14.8 Å². The van der Waals surface area contributed by atoms with Gasteiger partial charge in [0.2, 0.25) is 0 Å². The number of aliphatic hydroxyl groups is 1. The molecule has 0 radical (unpaired) electrons. The number of rotatable bonds is 2. The van der Waals surface area contributed by atoms with Crippen LogP contribution in [0.2, 0.25) is 0 Å². The van der Waals surface area contributed by atoms with Crippen molar-refractivity contribution < 1.29 is 14.3 Å². The van der Waals surface area contributed by atoms with E-state index in [1.807, 2.05) is 0 Å². The van der Waals surface area contributed by atoms with Crippen LogP contribution in [0.15, 0.2) is 18.5 Å². The number of β-amino-alcohol motifs (C(OH)–C–C–N with tert-alkyl or cyclic N) is 1. The second-order valence-electron chi connectivity index (χ2n) is 6.21. The highest BCUT2D eigenvalue weighted by Gasteiger charge is 2.30. The van der Waals surface area contributed by atoms with Gasteiger partial charge in [-0.15, -0.1) is 0 Å². The van der Waals surface area contributed by atoms with Crippen LogP contribution in [0.25, 0.3) is 0 Å². The molecule has 0 unspecified atom stereocenters. The quantitative estimate of drug-likeness (QED) is 0.894. The minimum Gasteiger partial charge on any atom is -0.392 e. The van der Waals surface area contributed by atoms with E-state index in [0.717, 1.165) is 45.0 Å². The first-order valence-corrected chi connectivity index (χ1v) is 7.95. The minimum absolute atomic E-state index is 0.149. The Morgan fingerprint density at radius 2 is 2.00 bits per heavy atom. The maximum Gasteiger partial charge on any atom is 0.255 e. The zero-order valence-corrected chi connectivity index (χ0v) is 12.6. The van der Waals surface area contributed by atoms with Gasteiger partial charge in [-0.3, -0.25) is 14.7 Å². The number of aliphatic hydroxyl groups excluding tert-OH is 1. The summed E-state index contributed by atoms with van der Waals surface area (Å²) in [6, 6.07) is 1.67. The van der Waals surface area contributed by atoms with Crippen molar-refractivity contribution in [1.29, 1.82) is 0 Å². The lowest BCUT2D eigenvalue weighted by Crippen LogP contribution is -2.50. The van der Waals surface area contributed by atoms with Crippen LogP contribution in [0.3, 0.4) is 0 Å². The molecule has 0 bridgehead atoms. The molecule has 2 aliphatic heterocycles. The molecule has 22 heavy (non-hydrogen) atoms. The van der Waals surface area contributed by atoms with E-state index in [2.05, 4.69) is 9.88 Å². The number of aromatic nitrogens is 1. The Hall–Kier alpha value is -1.53. The number of amides is 1. The molecule has 5 nitrogen and oxygen atoms in total. The summed E-state index contributed by atoms with van der Waals surface area (Å²) in [5, 5.41) is 9.78. The molecular formula is C16H22FN3O2. The molecule has 3 rings (SSSR count). The van der Waals surface area contributed by atoms with E-state index in [1.54, 1.807) is 4.90 Å². The second kappa shape index (κ2) is 6.71. The first kappa shape index (κ1) is 15.4. The molecular weight excluding hydrogens is 285 g/mol. The van der Waals surface area contributed by atoms with Crippen LogP contribution >= 0.6 is 0 Å². The van der Waals surface area contributed by atoms with E-state index in [9.17, 15) is 14.3 Å². The summed E-state index contributed by atoms with van der Waals surface area (Å²) in [6.45, 7) is 3.12. The molecule has 0 aromatic carbocycles. The van der Waals surface area contributed by atoms with Gasteiger partial charge < -0.3 is 10.0 Å². The number of carbonyl (C=O) groups is 1. The smallest absolute Gasteiger partial charge is 0.255 e. The molecule has 1 N–H and O–H groups in total. The third-order valence-electron chi connectivity index (χ3n) is 4.65. The average molecular weight is 307 g/mol. The predicted molar refractivity (Wildman–Crippen MR) is 79.9 cm³/mol. The van der Waals surface area contributed by atoms with Gasteiger partial charge >= 0.3 is 0 Å². The number of pyridine rings is 1. The average Bonchev–Trinajstić information content (AvgIpc) is 2.54. The Balaban J connectivity index is 1.56. The van der Waals surface area contributed by atoms with Gasteiger partial charge in [0.25, 0.3) is 5.91 Å². The highest BCUT2D eigenvalue weighted by molar-refractivity contribution is 5.93. The van der Waals surface area contributed by atoms with Crippen molar-refractivity contribution in [3.8, 4) is 0 Å². The standard InChI is InChI=1S/C16H22FN3O2/c17-13-8-12(9-18-10-13)16(22)19-6-3-14(4-7-19)20-5-1-2-15(21)11-20/h8-10,14-15,21H,1-7,11H2/t15-/m1/s1. The molecule has 6 heteroatoms. The molecule has 120 valence electrons. The minimum atomic E-state index is -0.483. The Morgan fingerprint density at radius 1 is 1.23 bits per heavy atom. The molecule has 2 aliphatic rings. The lowest BCUT2D eigenvalue weighted by molar-refractivity contribution is 0.0240. The van der Waals surface area contributed by atoms with Crippen LogP contribution in [-0.4, -0.2) is 64.1 Å². The zero-order chi connectivity index (χ0) is 15.5. The van der Waals surface area contributed by atoms with Crippen LogP contribution in [0.1, 0.15) is 36.0 Å². The topological polar surface area (TPSA) is 56.7 Å². The van der Waals surface area contributed by atoms with Crippen molar-refractivity contribution in [3.05, 3.63) is 29.8 Å². The van der Waals surface area contributed by atoms with E-state index >= 15 is 0 Å². The van der Waals surface area contributed by atoms with E-state index in [4.69, 9.17) is 0 Å². The lowest BCUT2D eigenvalue weighted by Gasteiger charge is -2.41. The first-order valence-electron chi connectivity index (χ1n) is 7.95. The van der Waals surface area contributed by atoms with Crippen LogP contribution in [0.4, 0.5) is 4.39 Å². The first-order chi connectivity index (χ1) is 10.6. The van der Waals surface area contributed by atoms with Crippen molar-refractivity contribution in [3.63, 3.8) is 0 Å². The van der Waals surface area contributed by atoms with Gasteiger partial charge in [-0.05, 0) is 38.3 Å². The fourth-order valence-electron chi connectivity index (χ4n) is 3.46. The molecule has 2 fully saturated rings. The predicted octanol–water partition coefficient (Wildman–Crippen LogP) is 1.28. The second-order valence-corrected chi connectivity index (χ2v) is 6.21. The molecule has 1 amide bonds. The molecule has 0 spiro atoms. The Labute approximate surface area is 129 Å². The fraction of sp³-hybridized carbons (Fsp3) is 0.625. The molecule has 1 aromatic rings. The monoisotopic (exact) mass is 307 g/mol. The van der Waals surface area contributed by atoms with Gasteiger partial charge in [0.1, 0.15) is 5.82 Å². The summed E-state index contributed by atoms with van der Waals surface area (Å²) < 4.78 is 13.2. The van der Waals surface area contributed by atoms with Gasteiger partial charge in [-0.25, -0.2) is 4.39 Å². The lowest BCUT2D eigenvalue weighted by atomic mass is 9.98. The molecule has 1 aromatic heterocycles. The molecule has 0 saturated carbocycles. The van der Waals surface area contributed by atoms with Crippen molar-refractivity contribution in [2.45, 2.75) is 37.8 Å². The summed E-state index contributed by atoms with van der Waals surface area (Å²) in [7, 11) is 0. The number of nitrogens with zero attached hydrogens (tertiary/aromatic N) is 3. The van der Waals surface area contributed by atoms with E-state index in [0.29, 0.717) is 24.7 Å².